The van der Waals surface area contributed by atoms with Gasteiger partial charge in [-0.3, -0.25) is 9.36 Å². The summed E-state index contributed by atoms with van der Waals surface area (Å²) in [7, 11) is 5.80. The predicted molar refractivity (Wildman–Crippen MR) is 58.7 cm³/mol. The Morgan fingerprint density at radius 3 is 2.79 bits per heavy atom. The fourth-order valence-electron chi connectivity index (χ4n) is 1.15. The molecule has 0 atom stereocenters. The van der Waals surface area contributed by atoms with Crippen LogP contribution in [-0.2, 0) is 7.05 Å². The summed E-state index contributed by atoms with van der Waals surface area (Å²) in [6, 6.07) is 5.22. The molecule has 1 N–H and O–H groups in total. The van der Waals surface area contributed by atoms with Gasteiger partial charge in [0.2, 0.25) is 0 Å². The number of rotatable bonds is 4. The van der Waals surface area contributed by atoms with Gasteiger partial charge in [-0.1, -0.05) is 6.07 Å². The van der Waals surface area contributed by atoms with Gasteiger partial charge in [0.15, 0.2) is 0 Å². The Labute approximate surface area is 84.2 Å². The zero-order valence-corrected chi connectivity index (χ0v) is 8.95. The molecule has 0 unspecified atom stereocenters. The number of nitrogens with one attached hydrogen (secondary N) is 1. The van der Waals surface area contributed by atoms with Crippen molar-refractivity contribution in [3.63, 3.8) is 0 Å². The highest BCUT2D eigenvalue weighted by Crippen LogP contribution is 1.99. The normalized spacial score (nSPS) is 10.6. The van der Waals surface area contributed by atoms with Crippen molar-refractivity contribution in [1.82, 2.24) is 9.47 Å². The first-order valence-corrected chi connectivity index (χ1v) is 4.66. The molecule has 4 heteroatoms. The van der Waals surface area contributed by atoms with Crippen molar-refractivity contribution in [3.05, 3.63) is 28.6 Å². The third-order valence-electron chi connectivity index (χ3n) is 2.05. The van der Waals surface area contributed by atoms with E-state index in [1.807, 2.05) is 20.2 Å². The Hall–Kier alpha value is -1.29. The zero-order valence-electron chi connectivity index (χ0n) is 8.95. The van der Waals surface area contributed by atoms with Crippen LogP contribution >= 0.6 is 0 Å². The molecule has 78 valence electrons. The first-order valence-electron chi connectivity index (χ1n) is 4.66. The summed E-state index contributed by atoms with van der Waals surface area (Å²) in [6.07, 6.45) is 0. The topological polar surface area (TPSA) is 37.3 Å². The van der Waals surface area contributed by atoms with E-state index in [1.165, 1.54) is 0 Å². The fourth-order valence-corrected chi connectivity index (χ4v) is 1.15. The molecule has 4 nitrogen and oxygen atoms in total. The summed E-state index contributed by atoms with van der Waals surface area (Å²) in [5.41, 5.74) is 0.0138. The van der Waals surface area contributed by atoms with E-state index >= 15 is 0 Å². The number of aromatic nitrogens is 1. The van der Waals surface area contributed by atoms with Crippen LogP contribution in [0.25, 0.3) is 0 Å². The Kier molecular flexibility index (Phi) is 3.71. The van der Waals surface area contributed by atoms with Crippen LogP contribution in [0.3, 0.4) is 0 Å². The fraction of sp³-hybridized carbons (Fsp3) is 0.500. The second-order valence-electron chi connectivity index (χ2n) is 3.54. The molecule has 1 rings (SSSR count). The quantitative estimate of drug-likeness (QED) is 0.753. The summed E-state index contributed by atoms with van der Waals surface area (Å²) in [5.74, 6) is 0.861. The van der Waals surface area contributed by atoms with E-state index in [4.69, 9.17) is 0 Å². The van der Waals surface area contributed by atoms with Crippen molar-refractivity contribution in [1.29, 1.82) is 0 Å². The molecule has 0 saturated heterocycles. The molecule has 1 aromatic heterocycles. The highest BCUT2D eigenvalue weighted by molar-refractivity contribution is 5.34. The second kappa shape index (κ2) is 4.81. The van der Waals surface area contributed by atoms with Crippen molar-refractivity contribution in [2.24, 2.45) is 7.05 Å². The van der Waals surface area contributed by atoms with Crippen molar-refractivity contribution in [2.45, 2.75) is 0 Å². The van der Waals surface area contributed by atoms with Crippen LogP contribution in [0.1, 0.15) is 0 Å². The first-order chi connectivity index (χ1) is 6.61. The summed E-state index contributed by atoms with van der Waals surface area (Å²) >= 11 is 0. The average Bonchev–Trinajstić information content (AvgIpc) is 2.12. The SMILES string of the molecule is CN(C)CCNc1cccc(=O)n1C. The molecule has 0 aromatic carbocycles. The van der Waals surface area contributed by atoms with E-state index in [-0.39, 0.29) is 5.56 Å². The molecule has 0 aliphatic carbocycles. The lowest BCUT2D eigenvalue weighted by molar-refractivity contribution is 0.425. The predicted octanol–water partition coefficient (Wildman–Crippen LogP) is 0.359. The Balaban J connectivity index is 2.59. The molecule has 0 bridgehead atoms. The summed E-state index contributed by atoms with van der Waals surface area (Å²) in [5, 5.41) is 3.21. The van der Waals surface area contributed by atoms with Gasteiger partial charge in [-0.05, 0) is 20.2 Å². The number of nitrogens with zero attached hydrogens (tertiary/aromatic N) is 2. The van der Waals surface area contributed by atoms with E-state index in [0.717, 1.165) is 18.9 Å². The van der Waals surface area contributed by atoms with Crippen LogP contribution < -0.4 is 10.9 Å². The maximum absolute atomic E-state index is 11.2. The van der Waals surface area contributed by atoms with E-state index in [9.17, 15) is 4.79 Å². The van der Waals surface area contributed by atoms with Gasteiger partial charge in [0.1, 0.15) is 5.82 Å². The Morgan fingerprint density at radius 1 is 1.43 bits per heavy atom. The molecule has 0 amide bonds. The van der Waals surface area contributed by atoms with Crippen molar-refractivity contribution in [2.75, 3.05) is 32.5 Å². The standard InChI is InChI=1S/C10H17N3O/c1-12(2)8-7-11-9-5-4-6-10(14)13(9)3/h4-6,11H,7-8H2,1-3H3. The lowest BCUT2D eigenvalue weighted by Crippen LogP contribution is -2.24. The zero-order chi connectivity index (χ0) is 10.6. The van der Waals surface area contributed by atoms with Crippen LogP contribution in [0.15, 0.2) is 23.0 Å². The second-order valence-corrected chi connectivity index (χ2v) is 3.54. The van der Waals surface area contributed by atoms with Gasteiger partial charge in [-0.2, -0.15) is 0 Å². The molecule has 1 heterocycles. The van der Waals surface area contributed by atoms with E-state index in [2.05, 4.69) is 10.2 Å². The minimum absolute atomic E-state index is 0.0138. The third kappa shape index (κ3) is 2.88. The van der Waals surface area contributed by atoms with Crippen molar-refractivity contribution in [3.8, 4) is 0 Å². The average molecular weight is 195 g/mol. The largest absolute Gasteiger partial charge is 0.370 e. The molecular weight excluding hydrogens is 178 g/mol. The van der Waals surface area contributed by atoms with E-state index < -0.39 is 0 Å². The van der Waals surface area contributed by atoms with Crippen LogP contribution in [-0.4, -0.2) is 36.7 Å². The lowest BCUT2D eigenvalue weighted by atomic mass is 10.4. The smallest absolute Gasteiger partial charge is 0.251 e. The number of hydrogen-bond acceptors (Lipinski definition) is 3. The number of likely N-dealkylation sites (N-methyl/N-ethyl adjacent to an activating group) is 1. The van der Waals surface area contributed by atoms with E-state index in [1.54, 1.807) is 23.7 Å². The van der Waals surface area contributed by atoms with E-state index in [0.29, 0.717) is 0 Å². The minimum Gasteiger partial charge on any atom is -0.370 e. The van der Waals surface area contributed by atoms with Crippen molar-refractivity contribution >= 4 is 5.82 Å². The molecule has 14 heavy (non-hydrogen) atoms. The number of hydrogen-bond donors (Lipinski definition) is 1. The highest BCUT2D eigenvalue weighted by Gasteiger charge is 1.97. The molecule has 0 radical (unpaired) electrons. The highest BCUT2D eigenvalue weighted by atomic mass is 16.1. The number of anilines is 1. The molecule has 0 saturated carbocycles. The summed E-state index contributed by atoms with van der Waals surface area (Å²) in [6.45, 7) is 1.79. The molecule has 0 spiro atoms. The van der Waals surface area contributed by atoms with Gasteiger partial charge in [-0.15, -0.1) is 0 Å². The van der Waals surface area contributed by atoms with Gasteiger partial charge in [0, 0.05) is 26.2 Å². The van der Waals surface area contributed by atoms with Crippen molar-refractivity contribution < 1.29 is 0 Å². The molecule has 0 aliphatic heterocycles. The van der Waals surface area contributed by atoms with Crippen LogP contribution in [0.4, 0.5) is 5.82 Å². The lowest BCUT2D eigenvalue weighted by Gasteiger charge is -2.13. The van der Waals surface area contributed by atoms with Gasteiger partial charge in [-0.25, -0.2) is 0 Å². The molecule has 0 fully saturated rings. The maximum atomic E-state index is 11.2. The van der Waals surface area contributed by atoms with Crippen LogP contribution in [0.2, 0.25) is 0 Å². The summed E-state index contributed by atoms with van der Waals surface area (Å²) < 4.78 is 1.61. The Morgan fingerprint density at radius 2 is 2.14 bits per heavy atom. The number of pyridine rings is 1. The van der Waals surface area contributed by atoms with Gasteiger partial charge >= 0.3 is 0 Å². The third-order valence-corrected chi connectivity index (χ3v) is 2.05. The first kappa shape index (κ1) is 10.8. The Bertz CT molecular complexity index is 343. The van der Waals surface area contributed by atoms with Gasteiger partial charge in [0.25, 0.3) is 5.56 Å². The maximum Gasteiger partial charge on any atom is 0.251 e. The van der Waals surface area contributed by atoms with Gasteiger partial charge < -0.3 is 10.2 Å². The molecule has 1 aromatic rings. The molecule has 0 aliphatic rings. The van der Waals surface area contributed by atoms with Crippen LogP contribution in [0.5, 0.6) is 0 Å². The summed E-state index contributed by atoms with van der Waals surface area (Å²) in [4.78, 5) is 13.3. The molecular formula is C10H17N3O. The monoisotopic (exact) mass is 195 g/mol. The van der Waals surface area contributed by atoms with Gasteiger partial charge in [0.05, 0.1) is 0 Å². The minimum atomic E-state index is 0.0138. The van der Waals surface area contributed by atoms with Crippen LogP contribution in [0, 0.1) is 0 Å².